The van der Waals surface area contributed by atoms with Gasteiger partial charge < -0.3 is 14.5 Å². The minimum absolute atomic E-state index is 0.147. The van der Waals surface area contributed by atoms with Crippen molar-refractivity contribution in [2.45, 2.75) is 18.0 Å². The van der Waals surface area contributed by atoms with Gasteiger partial charge in [-0.2, -0.15) is 17.5 Å². The summed E-state index contributed by atoms with van der Waals surface area (Å²) < 4.78 is 71.4. The lowest BCUT2D eigenvalue weighted by Gasteiger charge is -2.35. The molecular formula is C20H24F3N5O3S. The van der Waals surface area contributed by atoms with Gasteiger partial charge in [-0.25, -0.2) is 18.4 Å². The standard InChI is InChI=1S/C20H24F3N5O3S/c1-15-24-18(14-19(25-15)27-9-11-31-12-10-27)26-5-7-28(8-6-26)32(29,30)17-4-2-3-16(13-17)20(21,22)23/h2-4,13-14H,5-12H2,1H3. The predicted octanol–water partition coefficient (Wildman–Crippen LogP) is 2.15. The molecule has 32 heavy (non-hydrogen) atoms. The van der Waals surface area contributed by atoms with Gasteiger partial charge in [0.25, 0.3) is 0 Å². The van der Waals surface area contributed by atoms with Crippen molar-refractivity contribution in [1.29, 1.82) is 0 Å². The molecule has 3 heterocycles. The molecule has 2 saturated heterocycles. The number of benzene rings is 1. The van der Waals surface area contributed by atoms with Crippen molar-refractivity contribution in [2.24, 2.45) is 0 Å². The van der Waals surface area contributed by atoms with Crippen molar-refractivity contribution in [2.75, 3.05) is 62.3 Å². The molecule has 0 N–H and O–H groups in total. The van der Waals surface area contributed by atoms with Crippen LogP contribution in [-0.4, -0.2) is 75.2 Å². The topological polar surface area (TPSA) is 78.9 Å². The molecule has 2 aliphatic heterocycles. The number of anilines is 2. The number of ether oxygens (including phenoxy) is 1. The van der Waals surface area contributed by atoms with Crippen LogP contribution < -0.4 is 9.80 Å². The van der Waals surface area contributed by atoms with Crippen molar-refractivity contribution in [3.05, 3.63) is 41.7 Å². The zero-order chi connectivity index (χ0) is 22.9. The molecule has 12 heteroatoms. The molecule has 0 spiro atoms. The molecule has 8 nitrogen and oxygen atoms in total. The van der Waals surface area contributed by atoms with Crippen molar-refractivity contribution < 1.29 is 26.3 Å². The summed E-state index contributed by atoms with van der Waals surface area (Å²) in [4.78, 5) is 12.7. The zero-order valence-electron chi connectivity index (χ0n) is 17.5. The number of hydrogen-bond acceptors (Lipinski definition) is 7. The number of rotatable bonds is 4. The summed E-state index contributed by atoms with van der Waals surface area (Å²) >= 11 is 0. The molecule has 0 amide bonds. The van der Waals surface area contributed by atoms with Crippen molar-refractivity contribution >= 4 is 21.7 Å². The summed E-state index contributed by atoms with van der Waals surface area (Å²) in [6.07, 6.45) is -4.60. The van der Waals surface area contributed by atoms with Crippen molar-refractivity contribution in [1.82, 2.24) is 14.3 Å². The first kappa shape index (κ1) is 22.7. The average Bonchev–Trinajstić information content (AvgIpc) is 2.79. The van der Waals surface area contributed by atoms with Gasteiger partial charge in [0.2, 0.25) is 10.0 Å². The SMILES string of the molecule is Cc1nc(N2CCOCC2)cc(N2CCN(S(=O)(=O)c3cccc(C(F)(F)F)c3)CC2)n1. The Kier molecular flexibility index (Phi) is 6.28. The second-order valence-corrected chi connectivity index (χ2v) is 9.59. The Labute approximate surface area is 184 Å². The van der Waals surface area contributed by atoms with Gasteiger partial charge in [-0.3, -0.25) is 0 Å². The molecule has 0 atom stereocenters. The fraction of sp³-hybridized carbons (Fsp3) is 0.500. The number of alkyl halides is 3. The van der Waals surface area contributed by atoms with E-state index in [2.05, 4.69) is 14.9 Å². The van der Waals surface area contributed by atoms with Gasteiger partial charge >= 0.3 is 6.18 Å². The highest BCUT2D eigenvalue weighted by Gasteiger charge is 2.34. The van der Waals surface area contributed by atoms with E-state index in [0.717, 1.165) is 31.0 Å². The minimum Gasteiger partial charge on any atom is -0.378 e. The molecule has 2 fully saturated rings. The molecule has 0 aliphatic carbocycles. The normalized spacial score (nSPS) is 18.8. The highest BCUT2D eigenvalue weighted by molar-refractivity contribution is 7.89. The molecule has 1 aromatic carbocycles. The first-order chi connectivity index (χ1) is 15.1. The van der Waals surface area contributed by atoms with Crippen LogP contribution >= 0.6 is 0 Å². The van der Waals surface area contributed by atoms with Crippen LogP contribution in [0.25, 0.3) is 0 Å². The third-order valence-corrected chi connectivity index (χ3v) is 7.40. The van der Waals surface area contributed by atoms with E-state index in [0.29, 0.717) is 44.0 Å². The van der Waals surface area contributed by atoms with Gasteiger partial charge in [-0.15, -0.1) is 0 Å². The van der Waals surface area contributed by atoms with E-state index in [-0.39, 0.29) is 18.0 Å². The predicted molar refractivity (Wildman–Crippen MR) is 112 cm³/mol. The monoisotopic (exact) mass is 471 g/mol. The number of aromatic nitrogens is 2. The van der Waals surface area contributed by atoms with E-state index in [9.17, 15) is 21.6 Å². The maximum Gasteiger partial charge on any atom is 0.416 e. The first-order valence-electron chi connectivity index (χ1n) is 10.3. The van der Waals surface area contributed by atoms with Gasteiger partial charge in [0.05, 0.1) is 23.7 Å². The summed E-state index contributed by atoms with van der Waals surface area (Å²) in [5.41, 5.74) is -0.982. The van der Waals surface area contributed by atoms with Crippen LogP contribution in [0.2, 0.25) is 0 Å². The summed E-state index contributed by atoms with van der Waals surface area (Å²) in [7, 11) is -4.03. The molecule has 1 aromatic heterocycles. The molecular weight excluding hydrogens is 447 g/mol. The van der Waals surface area contributed by atoms with Gasteiger partial charge in [0.1, 0.15) is 17.5 Å². The van der Waals surface area contributed by atoms with Crippen molar-refractivity contribution in [3.63, 3.8) is 0 Å². The second-order valence-electron chi connectivity index (χ2n) is 7.65. The van der Waals surface area contributed by atoms with Crippen LogP contribution in [0.15, 0.2) is 35.2 Å². The van der Waals surface area contributed by atoms with E-state index < -0.39 is 21.8 Å². The van der Waals surface area contributed by atoms with Crippen molar-refractivity contribution in [3.8, 4) is 0 Å². The minimum atomic E-state index is -4.60. The van der Waals surface area contributed by atoms with Crippen LogP contribution in [0.5, 0.6) is 0 Å². The highest BCUT2D eigenvalue weighted by Crippen LogP contribution is 2.31. The maximum absolute atomic E-state index is 13.0. The Morgan fingerprint density at radius 1 is 0.906 bits per heavy atom. The van der Waals surface area contributed by atoms with Crippen LogP contribution in [0.1, 0.15) is 11.4 Å². The summed E-state index contributed by atoms with van der Waals surface area (Å²) in [5, 5.41) is 0. The number of aryl methyl sites for hydroxylation is 1. The Hall–Kier alpha value is -2.44. The lowest BCUT2D eigenvalue weighted by molar-refractivity contribution is -0.137. The summed E-state index contributed by atoms with van der Waals surface area (Å²) in [6.45, 7) is 5.58. The van der Waals surface area contributed by atoms with E-state index in [4.69, 9.17) is 4.74 Å². The van der Waals surface area contributed by atoms with Crippen LogP contribution in [-0.2, 0) is 20.9 Å². The van der Waals surface area contributed by atoms with E-state index in [1.807, 2.05) is 17.9 Å². The fourth-order valence-electron chi connectivity index (χ4n) is 3.79. The largest absolute Gasteiger partial charge is 0.416 e. The zero-order valence-corrected chi connectivity index (χ0v) is 18.4. The lowest BCUT2D eigenvalue weighted by atomic mass is 10.2. The molecule has 2 aromatic rings. The number of piperazine rings is 1. The van der Waals surface area contributed by atoms with Crippen LogP contribution in [0.4, 0.5) is 24.8 Å². The molecule has 0 radical (unpaired) electrons. The van der Waals surface area contributed by atoms with E-state index >= 15 is 0 Å². The molecule has 0 unspecified atom stereocenters. The molecule has 4 rings (SSSR count). The third-order valence-electron chi connectivity index (χ3n) is 5.51. The summed E-state index contributed by atoms with van der Waals surface area (Å²) in [6, 6.07) is 5.74. The van der Waals surface area contributed by atoms with Gasteiger partial charge in [-0.05, 0) is 25.1 Å². The molecule has 174 valence electrons. The highest BCUT2D eigenvalue weighted by atomic mass is 32.2. The number of nitrogens with zero attached hydrogens (tertiary/aromatic N) is 5. The van der Waals surface area contributed by atoms with E-state index in [1.54, 1.807) is 0 Å². The Morgan fingerprint density at radius 2 is 1.50 bits per heavy atom. The molecule has 0 saturated carbocycles. The maximum atomic E-state index is 13.0. The third kappa shape index (κ3) is 4.81. The second kappa shape index (κ2) is 8.83. The van der Waals surface area contributed by atoms with Crippen LogP contribution in [0.3, 0.4) is 0 Å². The number of sulfonamides is 1. The first-order valence-corrected chi connectivity index (χ1v) is 11.7. The summed E-state index contributed by atoms with van der Waals surface area (Å²) in [5.74, 6) is 2.12. The number of hydrogen-bond donors (Lipinski definition) is 0. The fourth-order valence-corrected chi connectivity index (χ4v) is 5.26. The number of halogens is 3. The van der Waals surface area contributed by atoms with Gasteiger partial charge in [-0.1, -0.05) is 6.07 Å². The van der Waals surface area contributed by atoms with Gasteiger partial charge in [0, 0.05) is 45.3 Å². The average molecular weight is 472 g/mol. The van der Waals surface area contributed by atoms with Gasteiger partial charge in [0.15, 0.2) is 0 Å². The number of morpholine rings is 1. The quantitative estimate of drug-likeness (QED) is 0.676. The van der Waals surface area contributed by atoms with Crippen LogP contribution in [0, 0.1) is 6.92 Å². The molecule has 0 bridgehead atoms. The Bertz CT molecular complexity index is 1070. The van der Waals surface area contributed by atoms with E-state index in [1.165, 1.54) is 10.4 Å². The Balaban J connectivity index is 1.48. The smallest absolute Gasteiger partial charge is 0.378 e. The lowest BCUT2D eigenvalue weighted by Crippen LogP contribution is -2.49. The Morgan fingerprint density at radius 3 is 2.09 bits per heavy atom. The molecule has 2 aliphatic rings.